The Morgan fingerprint density at radius 3 is 2.45 bits per heavy atom. The first-order valence-electron chi connectivity index (χ1n) is 17.0. The number of carboxylic acids is 1. The van der Waals surface area contributed by atoms with Crippen molar-refractivity contribution < 1.29 is 9.90 Å². The number of nitrogens with one attached hydrogen (secondary N) is 1. The number of imidazole rings is 2. The average Bonchev–Trinajstić information content (AvgIpc) is 3.80. The van der Waals surface area contributed by atoms with E-state index in [1.807, 2.05) is 23.9 Å². The van der Waals surface area contributed by atoms with E-state index in [0.29, 0.717) is 31.5 Å². The van der Waals surface area contributed by atoms with E-state index in [-0.39, 0.29) is 0 Å². The van der Waals surface area contributed by atoms with Crippen LogP contribution in [0.15, 0.2) is 49.1 Å². The SMILES string of the molecule is CCC(Cn1ccnc1CN(Cc1ccc(CN2CCC3(CCN(C4CCCCC4)CC3)C2)cc1)Cc1ncc[nH]1)C(=O)O. The molecule has 9 heteroatoms. The molecule has 2 saturated heterocycles. The van der Waals surface area contributed by atoms with Crippen LogP contribution >= 0.6 is 0 Å². The minimum atomic E-state index is -0.760. The fraction of sp³-hybridized carbons (Fsp3) is 0.629. The van der Waals surface area contributed by atoms with Crippen molar-refractivity contribution in [2.24, 2.45) is 11.3 Å². The molecule has 2 aliphatic heterocycles. The molecule has 3 fully saturated rings. The molecule has 0 amide bonds. The summed E-state index contributed by atoms with van der Waals surface area (Å²) in [6.07, 6.45) is 19.1. The number of hydrogen-bond donors (Lipinski definition) is 2. The number of aliphatic carboxylic acids is 1. The molecule has 4 heterocycles. The number of H-pyrrole nitrogens is 1. The summed E-state index contributed by atoms with van der Waals surface area (Å²) in [5.41, 5.74) is 3.17. The highest BCUT2D eigenvalue weighted by molar-refractivity contribution is 5.69. The van der Waals surface area contributed by atoms with Crippen molar-refractivity contribution in [1.82, 2.24) is 34.2 Å². The van der Waals surface area contributed by atoms with Crippen molar-refractivity contribution in [2.75, 3.05) is 26.2 Å². The van der Waals surface area contributed by atoms with Crippen LogP contribution in [0.4, 0.5) is 0 Å². The maximum atomic E-state index is 11.7. The van der Waals surface area contributed by atoms with Crippen molar-refractivity contribution in [2.45, 2.75) is 103 Å². The fourth-order valence-electron chi connectivity index (χ4n) is 7.89. The summed E-state index contributed by atoms with van der Waals surface area (Å²) in [7, 11) is 0. The second kappa shape index (κ2) is 14.4. The number of piperidine rings is 1. The number of hydrogen-bond acceptors (Lipinski definition) is 6. The van der Waals surface area contributed by atoms with Crippen molar-refractivity contribution in [3.8, 4) is 0 Å². The molecule has 44 heavy (non-hydrogen) atoms. The smallest absolute Gasteiger partial charge is 0.308 e. The number of carbonyl (C=O) groups is 1. The van der Waals surface area contributed by atoms with Gasteiger partial charge in [-0.2, -0.15) is 0 Å². The number of aromatic nitrogens is 4. The molecular formula is C35H51N7O2. The Morgan fingerprint density at radius 2 is 1.75 bits per heavy atom. The van der Waals surface area contributed by atoms with Gasteiger partial charge in [-0.15, -0.1) is 0 Å². The Hall–Kier alpha value is -3.01. The Bertz CT molecular complexity index is 1310. The van der Waals surface area contributed by atoms with Gasteiger partial charge in [0, 0.05) is 57.0 Å². The van der Waals surface area contributed by atoms with E-state index >= 15 is 0 Å². The van der Waals surface area contributed by atoms with Gasteiger partial charge in [0.05, 0.1) is 19.0 Å². The highest BCUT2D eigenvalue weighted by Crippen LogP contribution is 2.42. The lowest BCUT2D eigenvalue weighted by Gasteiger charge is -2.43. The third-order valence-corrected chi connectivity index (χ3v) is 10.7. The summed E-state index contributed by atoms with van der Waals surface area (Å²) in [6.45, 7) is 10.5. The lowest BCUT2D eigenvalue weighted by atomic mass is 9.77. The van der Waals surface area contributed by atoms with Crippen LogP contribution in [0.3, 0.4) is 0 Å². The van der Waals surface area contributed by atoms with Crippen LogP contribution in [0.1, 0.15) is 87.5 Å². The van der Waals surface area contributed by atoms with Gasteiger partial charge in [-0.05, 0) is 74.7 Å². The predicted molar refractivity (Wildman–Crippen MR) is 172 cm³/mol. The van der Waals surface area contributed by atoms with E-state index in [1.165, 1.54) is 88.7 Å². The van der Waals surface area contributed by atoms with Gasteiger partial charge in [0.15, 0.2) is 0 Å². The molecule has 1 aliphatic carbocycles. The highest BCUT2D eigenvalue weighted by Gasteiger charge is 2.41. The van der Waals surface area contributed by atoms with Gasteiger partial charge in [0.1, 0.15) is 11.6 Å². The zero-order chi connectivity index (χ0) is 30.4. The molecule has 0 bridgehead atoms. The molecule has 1 saturated carbocycles. The standard InChI is InChI=1S/C35H51N7O2/c1-2-30(34(43)44)24-42-21-17-38-33(42)26-40(25-32-36-15-16-37-32)23-29-10-8-28(9-11-29)22-39-18-12-35(27-39)13-19-41(20-14-35)31-6-4-3-5-7-31/h8-11,15-17,21,30-31H,2-7,12-14,18-20,22-27H2,1H3,(H,36,37)(H,43,44). The molecule has 1 spiro atoms. The number of aromatic amines is 1. The summed E-state index contributed by atoms with van der Waals surface area (Å²) in [4.78, 5) is 31.8. The summed E-state index contributed by atoms with van der Waals surface area (Å²) >= 11 is 0. The van der Waals surface area contributed by atoms with Crippen LogP contribution in [0, 0.1) is 11.3 Å². The second-order valence-corrected chi connectivity index (χ2v) is 13.7. The fourth-order valence-corrected chi connectivity index (χ4v) is 7.89. The Balaban J connectivity index is 1.04. The number of nitrogens with zero attached hydrogens (tertiary/aromatic N) is 6. The minimum Gasteiger partial charge on any atom is -0.481 e. The minimum absolute atomic E-state index is 0.422. The lowest BCUT2D eigenvalue weighted by Crippen LogP contribution is -2.46. The number of rotatable bonds is 13. The maximum Gasteiger partial charge on any atom is 0.308 e. The van der Waals surface area contributed by atoms with Gasteiger partial charge >= 0.3 is 5.97 Å². The normalized spacial score (nSPS) is 20.5. The zero-order valence-corrected chi connectivity index (χ0v) is 26.5. The van der Waals surface area contributed by atoms with E-state index in [9.17, 15) is 9.90 Å². The van der Waals surface area contributed by atoms with Crippen LogP contribution in [-0.2, 0) is 37.5 Å². The Labute approximate surface area is 262 Å². The quantitative estimate of drug-likeness (QED) is 0.266. The molecule has 0 radical (unpaired) electrons. The van der Waals surface area contributed by atoms with Crippen molar-refractivity contribution >= 4 is 5.97 Å². The monoisotopic (exact) mass is 601 g/mol. The summed E-state index contributed by atoms with van der Waals surface area (Å²) in [6, 6.07) is 10.00. The lowest BCUT2D eigenvalue weighted by molar-refractivity contribution is -0.142. The molecule has 238 valence electrons. The van der Waals surface area contributed by atoms with Crippen LogP contribution < -0.4 is 0 Å². The van der Waals surface area contributed by atoms with Gasteiger partial charge in [-0.25, -0.2) is 9.97 Å². The van der Waals surface area contributed by atoms with Crippen molar-refractivity contribution in [3.05, 3.63) is 71.8 Å². The van der Waals surface area contributed by atoms with E-state index in [1.54, 1.807) is 12.4 Å². The van der Waals surface area contributed by atoms with Gasteiger partial charge in [0.2, 0.25) is 0 Å². The van der Waals surface area contributed by atoms with E-state index < -0.39 is 11.9 Å². The summed E-state index contributed by atoms with van der Waals surface area (Å²) in [5.74, 6) is 0.599. The van der Waals surface area contributed by atoms with Gasteiger partial charge in [-0.3, -0.25) is 14.6 Å². The first kappa shape index (κ1) is 31.0. The van der Waals surface area contributed by atoms with Crippen LogP contribution in [0.25, 0.3) is 0 Å². The first-order chi connectivity index (χ1) is 21.5. The molecule has 2 N–H and O–H groups in total. The van der Waals surface area contributed by atoms with E-state index in [2.05, 4.69) is 53.9 Å². The average molecular weight is 602 g/mol. The molecule has 1 atom stereocenters. The van der Waals surface area contributed by atoms with E-state index in [4.69, 9.17) is 0 Å². The van der Waals surface area contributed by atoms with Crippen LogP contribution in [0.2, 0.25) is 0 Å². The van der Waals surface area contributed by atoms with Crippen molar-refractivity contribution in [3.63, 3.8) is 0 Å². The summed E-state index contributed by atoms with van der Waals surface area (Å²) in [5, 5.41) is 9.58. The second-order valence-electron chi connectivity index (χ2n) is 13.7. The molecule has 3 aromatic rings. The third kappa shape index (κ3) is 7.79. The molecule has 1 unspecified atom stereocenters. The first-order valence-corrected chi connectivity index (χ1v) is 17.0. The van der Waals surface area contributed by atoms with Crippen molar-refractivity contribution in [1.29, 1.82) is 0 Å². The highest BCUT2D eigenvalue weighted by atomic mass is 16.4. The molecule has 6 rings (SSSR count). The van der Waals surface area contributed by atoms with Crippen LogP contribution in [0.5, 0.6) is 0 Å². The maximum absolute atomic E-state index is 11.7. The number of benzene rings is 1. The van der Waals surface area contributed by atoms with Crippen LogP contribution in [-0.4, -0.2) is 77.5 Å². The van der Waals surface area contributed by atoms with E-state index in [0.717, 1.165) is 30.8 Å². The molecule has 9 nitrogen and oxygen atoms in total. The molecular weight excluding hydrogens is 550 g/mol. The zero-order valence-electron chi connectivity index (χ0n) is 26.5. The van der Waals surface area contributed by atoms with Gasteiger partial charge in [0.25, 0.3) is 0 Å². The Kier molecular flexibility index (Phi) is 10.1. The Morgan fingerprint density at radius 1 is 1.00 bits per heavy atom. The third-order valence-electron chi connectivity index (χ3n) is 10.7. The topological polar surface area (TPSA) is 93.5 Å². The largest absolute Gasteiger partial charge is 0.481 e. The van der Waals surface area contributed by atoms with Gasteiger partial charge < -0.3 is 19.6 Å². The number of carboxylic acid groups (broad SMARTS) is 1. The molecule has 1 aromatic carbocycles. The molecule has 3 aliphatic rings. The van der Waals surface area contributed by atoms with Gasteiger partial charge in [-0.1, -0.05) is 50.5 Å². The number of likely N-dealkylation sites (tertiary alicyclic amines) is 2. The predicted octanol–water partition coefficient (Wildman–Crippen LogP) is 5.54. The summed E-state index contributed by atoms with van der Waals surface area (Å²) < 4.78 is 1.99. The molecule has 2 aromatic heterocycles.